The molecule has 1 unspecified atom stereocenters. The second kappa shape index (κ2) is 23.6. The van der Waals surface area contributed by atoms with Crippen LogP contribution in [0.1, 0.15) is 97.3 Å². The monoisotopic (exact) mass is 1300 g/mol. The topological polar surface area (TPSA) is 52.6 Å². The van der Waals surface area contributed by atoms with Gasteiger partial charge in [0.15, 0.2) is 0 Å². The van der Waals surface area contributed by atoms with Gasteiger partial charge in [0, 0.05) is 12.8 Å². The Morgan fingerprint density at radius 2 is 0.494 bits per heavy atom. The van der Waals surface area contributed by atoms with Gasteiger partial charge >= 0.3 is 125 Å². The van der Waals surface area contributed by atoms with E-state index in [0.29, 0.717) is 32.1 Å². The van der Waals surface area contributed by atoms with Gasteiger partial charge in [0.25, 0.3) is 0 Å². The minimum absolute atomic E-state index is 0.0439. The van der Waals surface area contributed by atoms with Gasteiger partial charge in [0.2, 0.25) is 0 Å². The Kier molecular flexibility index (Phi) is 22.5. The number of esters is 2. The van der Waals surface area contributed by atoms with Crippen molar-refractivity contribution in [2.24, 2.45) is 0 Å². The van der Waals surface area contributed by atoms with Crippen molar-refractivity contribution < 1.29 is 190 Å². The van der Waals surface area contributed by atoms with E-state index in [-0.39, 0.29) is 32.1 Å². The molecule has 0 amide bonds. The van der Waals surface area contributed by atoms with Gasteiger partial charge in [-0.05, 0) is 12.8 Å². The number of rotatable bonds is 34. The van der Waals surface area contributed by atoms with Crippen LogP contribution in [0.25, 0.3) is 0 Å². The van der Waals surface area contributed by atoms with Crippen LogP contribution in [0.15, 0.2) is 0 Å². The number of carbonyl (C=O) groups excluding carboxylic acids is 2. The van der Waals surface area contributed by atoms with Gasteiger partial charge in [-0.25, -0.2) is 0 Å². The van der Waals surface area contributed by atoms with Crippen LogP contribution in [-0.2, 0) is 19.1 Å². The highest BCUT2D eigenvalue weighted by Gasteiger charge is 3.03. The third-order valence-corrected chi connectivity index (χ3v) is 11.3. The summed E-state index contributed by atoms with van der Waals surface area (Å²) in [6.45, 7) is 1.25. The van der Waals surface area contributed by atoms with Crippen molar-refractivity contribution in [1.82, 2.24) is 0 Å². The molecule has 0 spiro atoms. The van der Waals surface area contributed by atoms with E-state index in [2.05, 4.69) is 9.47 Å². The third-order valence-electron chi connectivity index (χ3n) is 11.3. The van der Waals surface area contributed by atoms with Crippen LogP contribution in [0.4, 0.5) is 171 Å². The molecule has 0 N–H and O–H groups in total. The van der Waals surface area contributed by atoms with Crippen molar-refractivity contribution in [1.29, 1.82) is 0 Å². The predicted octanol–water partition coefficient (Wildman–Crippen LogP) is 17.6. The van der Waals surface area contributed by atoms with Crippen LogP contribution in [0.3, 0.4) is 0 Å². The number of alkyl halides is 39. The molecule has 0 aliphatic rings. The zero-order valence-corrected chi connectivity index (χ0v) is 39.4. The number of hydrogen-bond acceptors (Lipinski definition) is 4. The Bertz CT molecular complexity index is 2090. The van der Waals surface area contributed by atoms with Gasteiger partial charge in [0.1, 0.15) is 12.7 Å². The van der Waals surface area contributed by atoms with E-state index >= 15 is 0 Å². The molecule has 0 rings (SSSR count). The van der Waals surface area contributed by atoms with Crippen LogP contribution in [0.5, 0.6) is 0 Å². The average Bonchev–Trinajstić information content (AvgIpc) is 3.28. The second-order valence-electron chi connectivity index (χ2n) is 17.3. The Balaban J connectivity index is 7.70. The summed E-state index contributed by atoms with van der Waals surface area (Å²) in [5, 5.41) is 0. The van der Waals surface area contributed by atoms with E-state index in [1.165, 1.54) is 0 Å². The molecule has 0 aliphatic heterocycles. The van der Waals surface area contributed by atoms with Gasteiger partial charge in [-0.1, -0.05) is 65.2 Å². The first kappa shape index (κ1) is 77.2. The fourth-order valence-corrected chi connectivity index (χ4v) is 6.16. The molecule has 1 atom stereocenters. The predicted molar refractivity (Wildman–Crippen MR) is 187 cm³/mol. The molecule has 0 heterocycles. The van der Waals surface area contributed by atoms with E-state index in [4.69, 9.17) is 0 Å². The molecule has 0 radical (unpaired) electrons. The maximum Gasteiger partial charge on any atom is 0.460 e. The largest absolute Gasteiger partial charge is 0.462 e. The molecule has 0 aromatic carbocycles. The molecule has 0 fully saturated rings. The molecule has 484 valence electrons. The smallest absolute Gasteiger partial charge is 0.460 e. The summed E-state index contributed by atoms with van der Waals surface area (Å²) in [7, 11) is 0. The highest BCUT2D eigenvalue weighted by molar-refractivity contribution is 5.70. The van der Waals surface area contributed by atoms with Crippen molar-refractivity contribution in [3.05, 3.63) is 0 Å². The van der Waals surface area contributed by atoms with Gasteiger partial charge in [0.05, 0.1) is 6.42 Å². The van der Waals surface area contributed by atoms with Crippen molar-refractivity contribution in [2.45, 2.75) is 216 Å². The first-order chi connectivity index (χ1) is 35.3. The molecule has 0 bridgehead atoms. The molecule has 0 saturated carbocycles. The molecule has 0 saturated heterocycles. The van der Waals surface area contributed by atoms with Crippen LogP contribution in [0.2, 0.25) is 0 Å². The zero-order valence-electron chi connectivity index (χ0n) is 39.4. The van der Waals surface area contributed by atoms with Crippen LogP contribution in [0, 0.1) is 0 Å². The summed E-state index contributed by atoms with van der Waals surface area (Å²) >= 11 is 0. The molecule has 4 nitrogen and oxygen atoms in total. The van der Waals surface area contributed by atoms with Gasteiger partial charge in [-0.2, -0.15) is 171 Å². The molecule has 0 aliphatic carbocycles. The summed E-state index contributed by atoms with van der Waals surface area (Å²) in [6, 6.07) is 0. The maximum absolute atomic E-state index is 15.0. The van der Waals surface area contributed by atoms with E-state index < -0.39 is 157 Å². The highest BCUT2D eigenvalue weighted by Crippen LogP contribution is 2.71. The Hall–Kier alpha value is -3.79. The van der Waals surface area contributed by atoms with Gasteiger partial charge in [-0.3, -0.25) is 9.59 Å². The summed E-state index contributed by atoms with van der Waals surface area (Å²) in [4.78, 5) is 24.3. The SMILES string of the molecule is CCCCCCCC(=O)OCC(CC(F)(F)C(F)(F)C(F)(F)C(F)(F)C(F)(F)C(F)(F)C(F)(F)C(F)(F)C(F)(F)C(F)(F)C(F)(F)C(F)(F)C(F)(F)C(F)(F)C(F)(F)C(F)(F)C(F)(F)C(F)(F)C(F)(F)F)OC(=O)CCCCCCC. The second-order valence-corrected chi connectivity index (χ2v) is 17.3. The lowest BCUT2D eigenvalue weighted by molar-refractivity contribution is -0.494. The lowest BCUT2D eigenvalue weighted by Crippen LogP contribution is -2.80. The summed E-state index contributed by atoms with van der Waals surface area (Å²) in [5.74, 6) is -182. The minimum atomic E-state index is -10.6. The number of unbranched alkanes of at least 4 members (excludes halogenated alkanes) is 8. The number of ether oxygens (including phenoxy) is 2. The normalized spacial score (nSPS) is 16.2. The van der Waals surface area contributed by atoms with Crippen LogP contribution >= 0.6 is 0 Å². The standard InChI is InChI=1S/C38H35F39O4/c1-3-5-7-9-11-13-18(78)80-16-17(81-19(79)14-12-10-8-6-4-2)15-20(39,40)21(41,42)22(43,44)23(45,46)24(47,48)25(49,50)26(51,52)27(53,54)28(55,56)29(57,58)30(59,60)31(61,62)32(63,64)33(65,66)34(67,68)35(69,70)36(71,72)37(73,74)38(75,76)77/h17H,3-16H2,1-2H3. The summed E-state index contributed by atoms with van der Waals surface area (Å²) in [5.41, 5.74) is 0. The van der Waals surface area contributed by atoms with Gasteiger partial charge in [-0.15, -0.1) is 0 Å². The van der Waals surface area contributed by atoms with E-state index in [1.807, 2.05) is 0 Å². The number of halogens is 39. The lowest BCUT2D eigenvalue weighted by atomic mass is 9.82. The van der Waals surface area contributed by atoms with Crippen LogP contribution in [-0.4, -0.2) is 137 Å². The first-order valence-corrected chi connectivity index (χ1v) is 21.5. The fraction of sp³-hybridized carbons (Fsp3) is 0.947. The fourth-order valence-electron chi connectivity index (χ4n) is 6.16. The lowest BCUT2D eigenvalue weighted by Gasteiger charge is -2.47. The third kappa shape index (κ3) is 12.1. The van der Waals surface area contributed by atoms with Gasteiger partial charge < -0.3 is 9.47 Å². The Morgan fingerprint density at radius 1 is 0.284 bits per heavy atom. The Morgan fingerprint density at radius 3 is 0.728 bits per heavy atom. The van der Waals surface area contributed by atoms with E-state index in [1.54, 1.807) is 13.8 Å². The highest BCUT2D eigenvalue weighted by atomic mass is 19.4. The van der Waals surface area contributed by atoms with E-state index in [9.17, 15) is 181 Å². The maximum atomic E-state index is 15.0. The molecular formula is C38H35F39O4. The van der Waals surface area contributed by atoms with Crippen molar-refractivity contribution >= 4 is 11.9 Å². The molecule has 0 aromatic rings. The molecular weight excluding hydrogens is 1260 g/mol. The van der Waals surface area contributed by atoms with Crippen molar-refractivity contribution in [2.75, 3.05) is 6.61 Å². The van der Waals surface area contributed by atoms with E-state index in [0.717, 1.165) is 0 Å². The number of carbonyl (C=O) groups is 2. The van der Waals surface area contributed by atoms with Crippen molar-refractivity contribution in [3.63, 3.8) is 0 Å². The average molecular weight is 1300 g/mol. The molecule has 81 heavy (non-hydrogen) atoms. The molecule has 0 aromatic heterocycles. The minimum Gasteiger partial charge on any atom is -0.462 e. The number of hydrogen-bond donors (Lipinski definition) is 0. The first-order valence-electron chi connectivity index (χ1n) is 21.5. The zero-order chi connectivity index (χ0) is 65.5. The summed E-state index contributed by atoms with van der Waals surface area (Å²) in [6.07, 6.45) is -14.8. The summed E-state index contributed by atoms with van der Waals surface area (Å²) < 4.78 is 558. The van der Waals surface area contributed by atoms with Crippen LogP contribution < -0.4 is 0 Å². The quantitative estimate of drug-likeness (QED) is 0.0366. The van der Waals surface area contributed by atoms with Crippen molar-refractivity contribution in [3.8, 4) is 0 Å². The Labute approximate surface area is 425 Å². The molecule has 43 heteroatoms.